The average Bonchev–Trinajstić information content (AvgIpc) is 2.58. The second kappa shape index (κ2) is 6.23. The fraction of sp³-hybridized carbons (Fsp3) is 0.222. The lowest BCUT2D eigenvalue weighted by Gasteiger charge is -2.17. The van der Waals surface area contributed by atoms with E-state index >= 15 is 0 Å². The third-order valence-corrected chi connectivity index (χ3v) is 3.93. The summed E-state index contributed by atoms with van der Waals surface area (Å²) in [6.07, 6.45) is -2.41. The first-order valence-electron chi connectivity index (χ1n) is 7.76. The number of fused-ring (bicyclic) bond motifs is 1. The van der Waals surface area contributed by atoms with E-state index in [0.717, 1.165) is 12.1 Å². The Morgan fingerprint density at radius 3 is 2.60 bits per heavy atom. The van der Waals surface area contributed by atoms with Crippen molar-refractivity contribution in [2.24, 2.45) is 0 Å². The summed E-state index contributed by atoms with van der Waals surface area (Å²) in [6, 6.07) is 9.25. The normalized spacial score (nSPS) is 11.8. The van der Waals surface area contributed by atoms with Crippen LogP contribution in [-0.4, -0.2) is 4.40 Å². The molecule has 0 radical (unpaired) electrons. The molecule has 0 unspecified atom stereocenters. The Morgan fingerprint density at radius 1 is 1.16 bits per heavy atom. The molecule has 3 aromatic rings. The van der Waals surface area contributed by atoms with Crippen molar-refractivity contribution in [1.82, 2.24) is 4.40 Å². The molecule has 0 amide bonds. The number of hydrogen-bond acceptors (Lipinski definition) is 2. The van der Waals surface area contributed by atoms with Gasteiger partial charge in [-0.2, -0.15) is 17.6 Å². The summed E-state index contributed by atoms with van der Waals surface area (Å²) in [6.45, 7) is 2.24. The van der Waals surface area contributed by atoms with Crippen molar-refractivity contribution in [3.05, 3.63) is 64.6 Å². The highest BCUT2D eigenvalue weighted by atomic mass is 19.4. The van der Waals surface area contributed by atoms with E-state index in [1.807, 2.05) is 6.92 Å². The summed E-state index contributed by atoms with van der Waals surface area (Å²) in [4.78, 5) is 12.7. The Morgan fingerprint density at radius 2 is 1.92 bits per heavy atom. The number of alkyl halides is 3. The van der Waals surface area contributed by atoms with Gasteiger partial charge in [0.05, 0.1) is 24.2 Å². The van der Waals surface area contributed by atoms with E-state index < -0.39 is 23.2 Å². The molecule has 0 saturated carbocycles. The van der Waals surface area contributed by atoms with Crippen LogP contribution in [0.15, 0.2) is 53.5 Å². The number of aromatic nitrogens is 2. The van der Waals surface area contributed by atoms with Gasteiger partial charge in [-0.3, -0.25) is 0 Å². The molecule has 130 valence electrons. The van der Waals surface area contributed by atoms with Crippen LogP contribution >= 0.6 is 0 Å². The first-order chi connectivity index (χ1) is 11.8. The molecule has 2 heterocycles. The monoisotopic (exact) mass is 348 g/mol. The molecule has 0 atom stereocenters. The van der Waals surface area contributed by atoms with Gasteiger partial charge >= 0.3 is 11.7 Å². The number of benzene rings is 1. The van der Waals surface area contributed by atoms with Crippen LogP contribution < -0.4 is 15.2 Å². The fourth-order valence-electron chi connectivity index (χ4n) is 2.81. The summed E-state index contributed by atoms with van der Waals surface area (Å²) in [5.74, 6) is -0.586. The quantitative estimate of drug-likeness (QED) is 0.684. The van der Waals surface area contributed by atoms with Gasteiger partial charge < -0.3 is 5.11 Å². The van der Waals surface area contributed by atoms with Crippen LogP contribution in [0.25, 0.3) is 16.8 Å². The minimum atomic E-state index is -4.55. The van der Waals surface area contributed by atoms with E-state index in [-0.39, 0.29) is 11.1 Å². The number of rotatable bonds is 3. The summed E-state index contributed by atoms with van der Waals surface area (Å²) in [5, 5.41) is 12.8. The van der Waals surface area contributed by atoms with Crippen molar-refractivity contribution in [3.8, 4) is 17.0 Å². The maximum absolute atomic E-state index is 13.0. The van der Waals surface area contributed by atoms with Crippen molar-refractivity contribution in [1.29, 1.82) is 0 Å². The molecule has 0 fully saturated rings. The van der Waals surface area contributed by atoms with Gasteiger partial charge in [-0.15, -0.1) is 0 Å². The maximum atomic E-state index is 13.0. The van der Waals surface area contributed by atoms with E-state index in [2.05, 4.69) is 0 Å². The van der Waals surface area contributed by atoms with Crippen molar-refractivity contribution >= 4 is 5.65 Å². The molecule has 1 aromatic carbocycles. The summed E-state index contributed by atoms with van der Waals surface area (Å²) >= 11 is 0. The van der Waals surface area contributed by atoms with Crippen LogP contribution in [0.5, 0.6) is 5.88 Å². The lowest BCUT2D eigenvalue weighted by Crippen LogP contribution is -2.43. The lowest BCUT2D eigenvalue weighted by molar-refractivity contribution is -0.715. The van der Waals surface area contributed by atoms with Crippen LogP contribution in [-0.2, 0) is 12.7 Å². The molecule has 0 N–H and O–H groups in total. The highest BCUT2D eigenvalue weighted by Crippen LogP contribution is 2.32. The van der Waals surface area contributed by atoms with Crippen LogP contribution in [0.3, 0.4) is 0 Å². The first kappa shape index (κ1) is 17.0. The Bertz CT molecular complexity index is 994. The summed E-state index contributed by atoms with van der Waals surface area (Å²) < 4.78 is 41.6. The zero-order chi connectivity index (χ0) is 18.2. The van der Waals surface area contributed by atoms with Gasteiger partial charge in [0, 0.05) is 6.07 Å². The molecule has 0 aliphatic heterocycles. The van der Waals surface area contributed by atoms with E-state index in [9.17, 15) is 23.1 Å². The van der Waals surface area contributed by atoms with Crippen LogP contribution in [0.1, 0.15) is 18.9 Å². The molecule has 0 bridgehead atoms. The number of aryl methyl sites for hydroxylation is 1. The standard InChI is InChI=1S/C18H15F3N2O2/c1-2-9-22-14-8-3-4-10-23(14)17(25)15(16(22)24)12-6-5-7-13(11-12)18(19,20)21/h3-8,10-11H,2,9H2,1H3. The molecule has 0 aliphatic carbocycles. The smallest absolute Gasteiger partial charge is 0.416 e. The van der Waals surface area contributed by atoms with Gasteiger partial charge in [-0.1, -0.05) is 25.1 Å². The lowest BCUT2D eigenvalue weighted by atomic mass is 10.0. The number of nitrogens with zero attached hydrogens (tertiary/aromatic N) is 2. The molecule has 0 aliphatic rings. The largest absolute Gasteiger partial charge is 0.842 e. The van der Waals surface area contributed by atoms with Crippen molar-refractivity contribution in [2.45, 2.75) is 26.1 Å². The van der Waals surface area contributed by atoms with Crippen LogP contribution in [0.2, 0.25) is 0 Å². The SMILES string of the molecule is CCC[n+]1c([O-])c(-c2cccc(C(F)(F)F)c2)c(=O)n2ccccc21. The molecule has 2 aromatic heterocycles. The molecule has 25 heavy (non-hydrogen) atoms. The van der Waals surface area contributed by atoms with Gasteiger partial charge in [0.2, 0.25) is 0 Å². The second-order valence-corrected chi connectivity index (χ2v) is 5.64. The molecule has 3 rings (SSSR count). The highest BCUT2D eigenvalue weighted by molar-refractivity contribution is 5.67. The predicted molar refractivity (Wildman–Crippen MR) is 84.0 cm³/mol. The molecule has 7 heteroatoms. The molecular weight excluding hydrogens is 333 g/mol. The number of pyridine rings is 1. The molecule has 0 spiro atoms. The number of halogens is 3. The maximum Gasteiger partial charge on any atom is 0.416 e. The van der Waals surface area contributed by atoms with Crippen molar-refractivity contribution < 1.29 is 22.8 Å². The van der Waals surface area contributed by atoms with Gasteiger partial charge in [0.1, 0.15) is 5.56 Å². The van der Waals surface area contributed by atoms with E-state index in [0.29, 0.717) is 18.6 Å². The van der Waals surface area contributed by atoms with Gasteiger partial charge in [-0.25, -0.2) is 9.36 Å². The minimum absolute atomic E-state index is 0.0343. The Balaban J connectivity index is 2.36. The Hall–Kier alpha value is -2.83. The second-order valence-electron chi connectivity index (χ2n) is 5.64. The molecule has 4 nitrogen and oxygen atoms in total. The van der Waals surface area contributed by atoms with Crippen LogP contribution in [0, 0.1) is 0 Å². The van der Waals surface area contributed by atoms with Crippen molar-refractivity contribution in [2.75, 3.05) is 0 Å². The van der Waals surface area contributed by atoms with Crippen LogP contribution in [0.4, 0.5) is 13.2 Å². The first-order valence-corrected chi connectivity index (χ1v) is 7.76. The summed E-state index contributed by atoms with van der Waals surface area (Å²) in [7, 11) is 0. The Kier molecular flexibility index (Phi) is 4.24. The van der Waals surface area contributed by atoms with Crippen molar-refractivity contribution in [3.63, 3.8) is 0 Å². The predicted octanol–water partition coefficient (Wildman–Crippen LogP) is 2.76. The topological polar surface area (TPSA) is 48.4 Å². The minimum Gasteiger partial charge on any atom is -0.842 e. The highest BCUT2D eigenvalue weighted by Gasteiger charge is 2.31. The van der Waals surface area contributed by atoms with Gasteiger partial charge in [0.15, 0.2) is 0 Å². The Labute approximate surface area is 141 Å². The van der Waals surface area contributed by atoms with E-state index in [1.54, 1.807) is 18.2 Å². The van der Waals surface area contributed by atoms with Gasteiger partial charge in [0.25, 0.3) is 5.65 Å². The zero-order valence-corrected chi connectivity index (χ0v) is 13.4. The average molecular weight is 348 g/mol. The summed E-state index contributed by atoms with van der Waals surface area (Å²) in [5.41, 5.74) is -1.41. The third kappa shape index (κ3) is 2.97. The zero-order valence-electron chi connectivity index (χ0n) is 13.4. The molecular formula is C18H15F3N2O2. The van der Waals surface area contributed by atoms with E-state index in [1.165, 1.54) is 27.3 Å². The third-order valence-electron chi connectivity index (χ3n) is 3.93. The molecule has 0 saturated heterocycles. The fourth-order valence-corrected chi connectivity index (χ4v) is 2.81. The van der Waals surface area contributed by atoms with E-state index in [4.69, 9.17) is 0 Å². The number of hydrogen-bond donors (Lipinski definition) is 0. The van der Waals surface area contributed by atoms with Gasteiger partial charge in [-0.05, 0) is 30.2 Å².